The van der Waals surface area contributed by atoms with Crippen molar-refractivity contribution in [2.45, 2.75) is 18.4 Å². The summed E-state index contributed by atoms with van der Waals surface area (Å²) >= 11 is 0. The molecule has 3 aromatic rings. The van der Waals surface area contributed by atoms with E-state index in [1.165, 1.54) is 24.3 Å². The van der Waals surface area contributed by atoms with Gasteiger partial charge in [0.2, 0.25) is 5.91 Å². The van der Waals surface area contributed by atoms with Gasteiger partial charge in [0.1, 0.15) is 18.1 Å². The number of carbonyl (C=O) groups is 1. The fraction of sp³-hybridized carbons (Fsp3) is 0.182. The standard InChI is InChI=1S/C22H22FN3O4S/c1-2-30-20-7-9-21(10-8-20)31(28,29)26(19-5-3-18(23)4-6-19)16-22(27)25-15-17-11-13-24-14-12-17/h3-14H,2,15-16H2,1H3,(H,25,27). The van der Waals surface area contributed by atoms with Crippen LogP contribution in [0.5, 0.6) is 5.75 Å². The number of amides is 1. The van der Waals surface area contributed by atoms with Crippen molar-refractivity contribution in [3.8, 4) is 5.75 Å². The first-order valence-electron chi connectivity index (χ1n) is 9.57. The van der Waals surface area contributed by atoms with E-state index in [2.05, 4.69) is 10.3 Å². The minimum atomic E-state index is -4.09. The zero-order chi connectivity index (χ0) is 22.3. The van der Waals surface area contributed by atoms with Crippen molar-refractivity contribution >= 4 is 21.6 Å². The maximum Gasteiger partial charge on any atom is 0.264 e. The van der Waals surface area contributed by atoms with E-state index in [4.69, 9.17) is 4.74 Å². The van der Waals surface area contributed by atoms with Gasteiger partial charge in [-0.15, -0.1) is 0 Å². The summed E-state index contributed by atoms with van der Waals surface area (Å²) in [5, 5.41) is 2.69. The second-order valence-electron chi connectivity index (χ2n) is 6.52. The minimum absolute atomic E-state index is 0.0118. The largest absolute Gasteiger partial charge is 0.494 e. The zero-order valence-corrected chi connectivity index (χ0v) is 17.7. The van der Waals surface area contributed by atoms with Crippen LogP contribution < -0.4 is 14.4 Å². The van der Waals surface area contributed by atoms with E-state index < -0.39 is 28.3 Å². The quantitative estimate of drug-likeness (QED) is 0.549. The van der Waals surface area contributed by atoms with Gasteiger partial charge in [0.25, 0.3) is 10.0 Å². The normalized spacial score (nSPS) is 11.0. The Kier molecular flexibility index (Phi) is 7.19. The summed E-state index contributed by atoms with van der Waals surface area (Å²) in [7, 11) is -4.09. The molecule has 0 aliphatic rings. The summed E-state index contributed by atoms with van der Waals surface area (Å²) < 4.78 is 46.3. The topological polar surface area (TPSA) is 88.6 Å². The van der Waals surface area contributed by atoms with Crippen LogP contribution in [-0.2, 0) is 21.4 Å². The van der Waals surface area contributed by atoms with Crippen LogP contribution in [0, 0.1) is 5.82 Å². The second-order valence-corrected chi connectivity index (χ2v) is 8.39. The first kappa shape index (κ1) is 22.2. The highest BCUT2D eigenvalue weighted by atomic mass is 32.2. The van der Waals surface area contributed by atoms with E-state index in [0.29, 0.717) is 12.4 Å². The van der Waals surface area contributed by atoms with E-state index in [0.717, 1.165) is 22.0 Å². The second kappa shape index (κ2) is 10.0. The van der Waals surface area contributed by atoms with E-state index >= 15 is 0 Å². The van der Waals surface area contributed by atoms with Crippen LogP contribution in [0.4, 0.5) is 10.1 Å². The third-order valence-corrected chi connectivity index (χ3v) is 6.15. The van der Waals surface area contributed by atoms with Crippen LogP contribution in [0.1, 0.15) is 12.5 Å². The molecule has 1 amide bonds. The van der Waals surface area contributed by atoms with Crippen molar-refractivity contribution in [1.29, 1.82) is 0 Å². The van der Waals surface area contributed by atoms with Gasteiger partial charge in [0.05, 0.1) is 17.2 Å². The van der Waals surface area contributed by atoms with Gasteiger partial charge in [-0.05, 0) is 73.2 Å². The van der Waals surface area contributed by atoms with E-state index in [1.54, 1.807) is 36.7 Å². The average Bonchev–Trinajstić information content (AvgIpc) is 2.78. The molecule has 0 aliphatic carbocycles. The molecule has 1 heterocycles. The lowest BCUT2D eigenvalue weighted by molar-refractivity contribution is -0.119. The summed E-state index contributed by atoms with van der Waals surface area (Å²) in [4.78, 5) is 16.5. The number of hydrogen-bond donors (Lipinski definition) is 1. The van der Waals surface area contributed by atoms with Gasteiger partial charge in [-0.2, -0.15) is 0 Å². The first-order chi connectivity index (χ1) is 14.9. The number of carbonyl (C=O) groups excluding carboxylic acids is 1. The van der Waals surface area contributed by atoms with Crippen molar-refractivity contribution in [1.82, 2.24) is 10.3 Å². The van der Waals surface area contributed by atoms with Crippen LogP contribution in [0.25, 0.3) is 0 Å². The molecular weight excluding hydrogens is 421 g/mol. The first-order valence-corrected chi connectivity index (χ1v) is 11.0. The average molecular weight is 444 g/mol. The Morgan fingerprint density at radius 2 is 1.68 bits per heavy atom. The number of benzene rings is 2. The smallest absolute Gasteiger partial charge is 0.264 e. The van der Waals surface area contributed by atoms with Gasteiger partial charge in [-0.25, -0.2) is 12.8 Å². The third-order valence-electron chi connectivity index (χ3n) is 4.36. The van der Waals surface area contributed by atoms with Gasteiger partial charge in [0, 0.05) is 18.9 Å². The Hall–Kier alpha value is -3.46. The summed E-state index contributed by atoms with van der Waals surface area (Å²) in [5.41, 5.74) is 1.00. The molecule has 31 heavy (non-hydrogen) atoms. The Labute approximate surface area is 180 Å². The molecule has 0 bridgehead atoms. The van der Waals surface area contributed by atoms with Crippen molar-refractivity contribution < 1.29 is 22.3 Å². The maximum absolute atomic E-state index is 13.4. The molecule has 7 nitrogen and oxygen atoms in total. The summed E-state index contributed by atoms with van der Waals surface area (Å²) in [5.74, 6) is -0.482. The molecule has 3 rings (SSSR count). The number of halogens is 1. The molecule has 0 aliphatic heterocycles. The van der Waals surface area contributed by atoms with E-state index in [-0.39, 0.29) is 17.1 Å². The number of aromatic nitrogens is 1. The van der Waals surface area contributed by atoms with Gasteiger partial charge in [0.15, 0.2) is 0 Å². The van der Waals surface area contributed by atoms with Crippen LogP contribution in [0.3, 0.4) is 0 Å². The number of rotatable bonds is 9. The number of hydrogen-bond acceptors (Lipinski definition) is 5. The van der Waals surface area contributed by atoms with Crippen molar-refractivity contribution in [3.63, 3.8) is 0 Å². The molecule has 162 valence electrons. The van der Waals surface area contributed by atoms with Gasteiger partial charge < -0.3 is 10.1 Å². The Morgan fingerprint density at radius 1 is 1.03 bits per heavy atom. The molecule has 1 aromatic heterocycles. The molecule has 0 spiro atoms. The lowest BCUT2D eigenvalue weighted by Gasteiger charge is -2.24. The molecule has 0 saturated carbocycles. The Balaban J connectivity index is 1.85. The highest BCUT2D eigenvalue weighted by Crippen LogP contribution is 2.25. The highest BCUT2D eigenvalue weighted by molar-refractivity contribution is 7.92. The van der Waals surface area contributed by atoms with E-state index in [1.807, 2.05) is 6.92 Å². The number of pyridine rings is 1. The van der Waals surface area contributed by atoms with Crippen LogP contribution in [0.15, 0.2) is 78.0 Å². The lowest BCUT2D eigenvalue weighted by Crippen LogP contribution is -2.40. The summed E-state index contributed by atoms with van der Waals surface area (Å²) in [6.07, 6.45) is 3.20. The SMILES string of the molecule is CCOc1ccc(S(=O)(=O)N(CC(=O)NCc2ccncc2)c2ccc(F)cc2)cc1. The van der Waals surface area contributed by atoms with E-state index in [9.17, 15) is 17.6 Å². The molecular formula is C22H22FN3O4S. The number of anilines is 1. The summed E-state index contributed by atoms with van der Waals surface area (Å²) in [6.45, 7) is 2.03. The molecule has 0 saturated heterocycles. The highest BCUT2D eigenvalue weighted by Gasteiger charge is 2.27. The van der Waals surface area contributed by atoms with Gasteiger partial charge >= 0.3 is 0 Å². The van der Waals surface area contributed by atoms with Crippen LogP contribution in [-0.4, -0.2) is 32.5 Å². The Bertz CT molecular complexity index is 1110. The molecule has 0 atom stereocenters. The fourth-order valence-electron chi connectivity index (χ4n) is 2.81. The van der Waals surface area contributed by atoms with Crippen LogP contribution >= 0.6 is 0 Å². The number of sulfonamides is 1. The minimum Gasteiger partial charge on any atom is -0.494 e. The number of nitrogens with zero attached hydrogens (tertiary/aromatic N) is 2. The third kappa shape index (κ3) is 5.79. The molecule has 0 fully saturated rings. The lowest BCUT2D eigenvalue weighted by atomic mass is 10.2. The van der Waals surface area contributed by atoms with Gasteiger partial charge in [-0.3, -0.25) is 14.1 Å². The van der Waals surface area contributed by atoms with Gasteiger partial charge in [-0.1, -0.05) is 0 Å². The van der Waals surface area contributed by atoms with Crippen LogP contribution in [0.2, 0.25) is 0 Å². The maximum atomic E-state index is 13.4. The zero-order valence-electron chi connectivity index (χ0n) is 16.9. The molecule has 0 radical (unpaired) electrons. The van der Waals surface area contributed by atoms with Crippen molar-refractivity contribution in [3.05, 3.63) is 84.4 Å². The molecule has 9 heteroatoms. The monoisotopic (exact) mass is 443 g/mol. The molecule has 1 N–H and O–H groups in total. The van der Waals surface area contributed by atoms with Crippen molar-refractivity contribution in [2.24, 2.45) is 0 Å². The summed E-state index contributed by atoms with van der Waals surface area (Å²) in [6, 6.07) is 14.3. The van der Waals surface area contributed by atoms with Crippen molar-refractivity contribution in [2.75, 3.05) is 17.5 Å². The fourth-order valence-corrected chi connectivity index (χ4v) is 4.23. The Morgan fingerprint density at radius 3 is 2.29 bits per heavy atom. The predicted octanol–water partition coefficient (Wildman–Crippen LogP) is 3.13. The number of ether oxygens (including phenoxy) is 1. The number of nitrogens with one attached hydrogen (secondary N) is 1. The molecule has 2 aromatic carbocycles. The molecule has 0 unspecified atom stereocenters. The predicted molar refractivity (Wildman–Crippen MR) is 115 cm³/mol.